The fourth-order valence-electron chi connectivity index (χ4n) is 2.76. The fraction of sp³-hybridized carbons (Fsp3) is 0.467. The zero-order chi connectivity index (χ0) is 14.3. The van der Waals surface area contributed by atoms with E-state index in [9.17, 15) is 0 Å². The van der Waals surface area contributed by atoms with E-state index in [4.69, 9.17) is 16.6 Å². The summed E-state index contributed by atoms with van der Waals surface area (Å²) >= 11 is 8.12. The van der Waals surface area contributed by atoms with Gasteiger partial charge in [0.15, 0.2) is 0 Å². The third-order valence-electron chi connectivity index (χ3n) is 3.97. The molecule has 0 aliphatic carbocycles. The van der Waals surface area contributed by atoms with Crippen LogP contribution in [0.5, 0.6) is 0 Å². The standard InChI is InChI=1S/C15H18ClN3S/c1-4-13-17-14(16)9(2)15(18-13)19-7-5-12-11(10(19)3)6-8-20-12/h6,8,10H,4-5,7H2,1-3H3. The normalized spacial score (nSPS) is 18.2. The number of aromatic nitrogens is 2. The maximum absolute atomic E-state index is 6.27. The van der Waals surface area contributed by atoms with Crippen LogP contribution in [0.3, 0.4) is 0 Å². The minimum absolute atomic E-state index is 0.347. The van der Waals surface area contributed by atoms with Crippen molar-refractivity contribution in [1.29, 1.82) is 0 Å². The van der Waals surface area contributed by atoms with Gasteiger partial charge >= 0.3 is 0 Å². The molecule has 2 aromatic rings. The predicted octanol–water partition coefficient (Wildman–Crippen LogP) is 4.19. The van der Waals surface area contributed by atoms with Crippen LogP contribution < -0.4 is 4.90 Å². The van der Waals surface area contributed by atoms with Crippen molar-refractivity contribution in [2.45, 2.75) is 39.7 Å². The van der Waals surface area contributed by atoms with Crippen molar-refractivity contribution in [2.75, 3.05) is 11.4 Å². The summed E-state index contributed by atoms with van der Waals surface area (Å²) in [4.78, 5) is 12.9. The second-order valence-electron chi connectivity index (χ2n) is 5.15. The monoisotopic (exact) mass is 307 g/mol. The van der Waals surface area contributed by atoms with Gasteiger partial charge in [-0.3, -0.25) is 0 Å². The third-order valence-corrected chi connectivity index (χ3v) is 5.34. The largest absolute Gasteiger partial charge is 0.349 e. The molecule has 3 rings (SSSR count). The highest BCUT2D eigenvalue weighted by Crippen LogP contribution is 2.37. The van der Waals surface area contributed by atoms with E-state index in [1.54, 1.807) is 0 Å². The van der Waals surface area contributed by atoms with Gasteiger partial charge in [-0.25, -0.2) is 9.97 Å². The minimum atomic E-state index is 0.347. The molecule has 1 atom stereocenters. The van der Waals surface area contributed by atoms with Crippen molar-refractivity contribution >= 4 is 28.8 Å². The van der Waals surface area contributed by atoms with Crippen LogP contribution in [0.2, 0.25) is 5.15 Å². The molecule has 0 aromatic carbocycles. The highest BCUT2D eigenvalue weighted by molar-refractivity contribution is 7.10. The molecular weight excluding hydrogens is 290 g/mol. The van der Waals surface area contributed by atoms with Gasteiger partial charge in [-0.15, -0.1) is 11.3 Å². The molecule has 5 heteroatoms. The molecule has 0 fully saturated rings. The first-order valence-corrected chi connectivity index (χ1v) is 8.23. The first-order chi connectivity index (χ1) is 9.61. The van der Waals surface area contributed by atoms with Crippen LogP contribution in [0, 0.1) is 6.92 Å². The van der Waals surface area contributed by atoms with Crippen molar-refractivity contribution in [3.8, 4) is 0 Å². The molecule has 0 bridgehead atoms. The van der Waals surface area contributed by atoms with Crippen LogP contribution in [0.1, 0.15) is 41.7 Å². The Balaban J connectivity index is 2.04. The molecule has 1 aliphatic heterocycles. The molecule has 1 unspecified atom stereocenters. The average molecular weight is 308 g/mol. The lowest BCUT2D eigenvalue weighted by molar-refractivity contribution is 0.620. The van der Waals surface area contributed by atoms with Gasteiger partial charge in [0.25, 0.3) is 0 Å². The number of hydrogen-bond donors (Lipinski definition) is 0. The first-order valence-electron chi connectivity index (χ1n) is 6.97. The van der Waals surface area contributed by atoms with Crippen LogP contribution in [-0.4, -0.2) is 16.5 Å². The van der Waals surface area contributed by atoms with E-state index in [0.29, 0.717) is 11.2 Å². The van der Waals surface area contributed by atoms with Gasteiger partial charge in [0.05, 0.1) is 6.04 Å². The van der Waals surface area contributed by atoms with Gasteiger partial charge in [0.1, 0.15) is 16.8 Å². The number of aryl methyl sites for hydroxylation is 1. The topological polar surface area (TPSA) is 29.0 Å². The number of halogens is 1. The number of anilines is 1. The van der Waals surface area contributed by atoms with E-state index < -0.39 is 0 Å². The van der Waals surface area contributed by atoms with Gasteiger partial charge in [-0.2, -0.15) is 0 Å². The summed E-state index contributed by atoms with van der Waals surface area (Å²) in [6.45, 7) is 7.30. The van der Waals surface area contributed by atoms with Crippen molar-refractivity contribution in [2.24, 2.45) is 0 Å². The van der Waals surface area contributed by atoms with E-state index in [-0.39, 0.29) is 0 Å². The maximum atomic E-state index is 6.27. The maximum Gasteiger partial charge on any atom is 0.137 e. The number of hydrogen-bond acceptors (Lipinski definition) is 4. The van der Waals surface area contributed by atoms with Crippen molar-refractivity contribution < 1.29 is 0 Å². The summed E-state index contributed by atoms with van der Waals surface area (Å²) in [7, 11) is 0. The van der Waals surface area contributed by atoms with Crippen LogP contribution in [0.25, 0.3) is 0 Å². The number of rotatable bonds is 2. The molecule has 0 saturated carbocycles. The molecule has 1 aliphatic rings. The quantitative estimate of drug-likeness (QED) is 0.779. The van der Waals surface area contributed by atoms with Crippen LogP contribution in [0.4, 0.5) is 5.82 Å². The summed E-state index contributed by atoms with van der Waals surface area (Å²) in [5, 5.41) is 2.76. The van der Waals surface area contributed by atoms with Crippen LogP contribution in [0.15, 0.2) is 11.4 Å². The van der Waals surface area contributed by atoms with Gasteiger partial charge < -0.3 is 4.90 Å². The summed E-state index contributed by atoms with van der Waals surface area (Å²) in [5.41, 5.74) is 2.41. The molecule has 20 heavy (non-hydrogen) atoms. The molecule has 3 heterocycles. The Morgan fingerprint density at radius 3 is 3.00 bits per heavy atom. The Morgan fingerprint density at radius 1 is 1.45 bits per heavy atom. The molecule has 0 N–H and O–H groups in total. The number of thiophene rings is 1. The Labute approximate surface area is 128 Å². The highest BCUT2D eigenvalue weighted by atomic mass is 35.5. The SMILES string of the molecule is CCc1nc(Cl)c(C)c(N2CCc3sccc3C2C)n1. The second-order valence-corrected chi connectivity index (χ2v) is 6.51. The number of nitrogens with zero attached hydrogens (tertiary/aromatic N) is 3. The summed E-state index contributed by atoms with van der Waals surface area (Å²) < 4.78 is 0. The lowest BCUT2D eigenvalue weighted by atomic mass is 10.0. The third kappa shape index (κ3) is 2.21. The van der Waals surface area contributed by atoms with Crippen LogP contribution >= 0.6 is 22.9 Å². The van der Waals surface area contributed by atoms with Gasteiger partial charge in [-0.1, -0.05) is 18.5 Å². The lowest BCUT2D eigenvalue weighted by Crippen LogP contribution is -2.34. The van der Waals surface area contributed by atoms with Gasteiger partial charge in [-0.05, 0) is 37.3 Å². The van der Waals surface area contributed by atoms with Crippen molar-refractivity contribution in [3.63, 3.8) is 0 Å². The summed E-state index contributed by atoms with van der Waals surface area (Å²) in [5.74, 6) is 1.81. The highest BCUT2D eigenvalue weighted by Gasteiger charge is 2.27. The lowest BCUT2D eigenvalue weighted by Gasteiger charge is -2.35. The molecule has 2 aromatic heterocycles. The first kappa shape index (κ1) is 13.8. The zero-order valence-electron chi connectivity index (χ0n) is 12.0. The van der Waals surface area contributed by atoms with Crippen molar-refractivity contribution in [1.82, 2.24) is 9.97 Å². The van der Waals surface area contributed by atoms with E-state index in [1.807, 2.05) is 18.3 Å². The molecule has 0 spiro atoms. The summed E-state index contributed by atoms with van der Waals surface area (Å²) in [6.07, 6.45) is 1.89. The van der Waals surface area contributed by atoms with Gasteiger partial charge in [0.2, 0.25) is 0 Å². The number of fused-ring (bicyclic) bond motifs is 1. The Kier molecular flexibility index (Phi) is 3.69. The van der Waals surface area contributed by atoms with Gasteiger partial charge in [0, 0.05) is 23.4 Å². The fourth-order valence-corrected chi connectivity index (χ4v) is 3.90. The second kappa shape index (κ2) is 5.34. The van der Waals surface area contributed by atoms with Crippen LogP contribution in [-0.2, 0) is 12.8 Å². The average Bonchev–Trinajstić information content (AvgIpc) is 2.92. The molecule has 0 radical (unpaired) electrons. The zero-order valence-corrected chi connectivity index (χ0v) is 13.6. The Bertz CT molecular complexity index is 638. The summed E-state index contributed by atoms with van der Waals surface area (Å²) in [6, 6.07) is 2.58. The van der Waals surface area contributed by atoms with Crippen molar-refractivity contribution in [3.05, 3.63) is 38.4 Å². The molecule has 106 valence electrons. The molecule has 3 nitrogen and oxygen atoms in total. The predicted molar refractivity (Wildman–Crippen MR) is 84.9 cm³/mol. The smallest absolute Gasteiger partial charge is 0.137 e. The Morgan fingerprint density at radius 2 is 2.25 bits per heavy atom. The van der Waals surface area contributed by atoms with E-state index in [1.165, 1.54) is 10.4 Å². The molecule has 0 saturated heterocycles. The van der Waals surface area contributed by atoms with E-state index in [0.717, 1.165) is 36.6 Å². The molecular formula is C15H18ClN3S. The molecule has 0 amide bonds. The Hall–Kier alpha value is -1.13. The van der Waals surface area contributed by atoms with E-state index >= 15 is 0 Å². The van der Waals surface area contributed by atoms with E-state index in [2.05, 4.69) is 35.2 Å². The minimum Gasteiger partial charge on any atom is -0.349 e.